The van der Waals surface area contributed by atoms with Crippen LogP contribution in [0.2, 0.25) is 0 Å². The molecule has 4 aliphatic carbocycles. The molecule has 0 saturated heterocycles. The van der Waals surface area contributed by atoms with Gasteiger partial charge in [0.25, 0.3) is 0 Å². The molecular weight excluding hydrogens is 302 g/mol. The van der Waals surface area contributed by atoms with E-state index in [0.29, 0.717) is 11.3 Å². The summed E-state index contributed by atoms with van der Waals surface area (Å²) >= 11 is 3.51. The van der Waals surface area contributed by atoms with Gasteiger partial charge in [0, 0.05) is 10.9 Å². The SMILES string of the molecule is CC12CC3CC(C1)CC(C(=O)NC(C)(C)CBr)(C3)C2. The fraction of sp³-hybridized carbons (Fsp3) is 0.938. The third kappa shape index (κ3) is 2.36. The highest BCUT2D eigenvalue weighted by atomic mass is 79.9. The lowest BCUT2D eigenvalue weighted by Crippen LogP contribution is -2.59. The predicted octanol–water partition coefficient (Wildman–Crippen LogP) is 3.88. The molecule has 4 saturated carbocycles. The molecular formula is C16H26BrNO. The van der Waals surface area contributed by atoms with Gasteiger partial charge in [-0.05, 0) is 69.6 Å². The summed E-state index contributed by atoms with van der Waals surface area (Å²) in [6, 6.07) is 0. The largest absolute Gasteiger partial charge is 0.350 e. The Balaban J connectivity index is 1.82. The summed E-state index contributed by atoms with van der Waals surface area (Å²) in [5, 5.41) is 4.11. The van der Waals surface area contributed by atoms with Crippen LogP contribution in [0.3, 0.4) is 0 Å². The first-order valence-corrected chi connectivity index (χ1v) is 8.77. The number of nitrogens with one attached hydrogen (secondary N) is 1. The van der Waals surface area contributed by atoms with E-state index < -0.39 is 0 Å². The Hall–Kier alpha value is -0.0500. The van der Waals surface area contributed by atoms with Crippen molar-refractivity contribution in [2.45, 2.75) is 64.8 Å². The number of alkyl halides is 1. The van der Waals surface area contributed by atoms with Gasteiger partial charge < -0.3 is 5.32 Å². The maximum absolute atomic E-state index is 12.9. The third-order valence-electron chi connectivity index (χ3n) is 5.62. The van der Waals surface area contributed by atoms with Crippen LogP contribution in [-0.4, -0.2) is 16.8 Å². The van der Waals surface area contributed by atoms with E-state index in [4.69, 9.17) is 0 Å². The molecule has 1 amide bonds. The molecule has 0 aromatic heterocycles. The number of carbonyl (C=O) groups excluding carboxylic acids is 1. The van der Waals surface area contributed by atoms with Crippen molar-refractivity contribution in [3.63, 3.8) is 0 Å². The van der Waals surface area contributed by atoms with Crippen molar-refractivity contribution in [3.05, 3.63) is 0 Å². The zero-order chi connectivity index (χ0) is 13.9. The Morgan fingerprint density at radius 3 is 2.32 bits per heavy atom. The van der Waals surface area contributed by atoms with E-state index >= 15 is 0 Å². The Kier molecular flexibility index (Phi) is 3.09. The van der Waals surface area contributed by atoms with Crippen molar-refractivity contribution in [1.82, 2.24) is 5.32 Å². The van der Waals surface area contributed by atoms with Gasteiger partial charge in [0.15, 0.2) is 0 Å². The van der Waals surface area contributed by atoms with Gasteiger partial charge >= 0.3 is 0 Å². The van der Waals surface area contributed by atoms with E-state index in [1.807, 2.05) is 0 Å². The minimum absolute atomic E-state index is 0.0434. The highest BCUT2D eigenvalue weighted by molar-refractivity contribution is 9.09. The second kappa shape index (κ2) is 4.22. The van der Waals surface area contributed by atoms with Crippen LogP contribution >= 0.6 is 15.9 Å². The van der Waals surface area contributed by atoms with Crippen molar-refractivity contribution in [2.75, 3.05) is 5.33 Å². The molecule has 2 atom stereocenters. The molecule has 0 radical (unpaired) electrons. The number of rotatable bonds is 3. The zero-order valence-corrected chi connectivity index (χ0v) is 14.0. The number of hydrogen-bond acceptors (Lipinski definition) is 1. The second-order valence-electron chi connectivity index (χ2n) is 8.52. The van der Waals surface area contributed by atoms with Crippen LogP contribution in [0, 0.1) is 22.7 Å². The summed E-state index contributed by atoms with van der Waals surface area (Å²) in [5.74, 6) is 1.95. The van der Waals surface area contributed by atoms with E-state index in [1.165, 1.54) is 19.3 Å². The number of amides is 1. The number of halogens is 1. The summed E-state index contributed by atoms with van der Waals surface area (Å²) in [4.78, 5) is 12.9. The summed E-state index contributed by atoms with van der Waals surface area (Å²) in [6.07, 6.45) is 7.51. The molecule has 108 valence electrons. The topological polar surface area (TPSA) is 29.1 Å². The van der Waals surface area contributed by atoms with Crippen LogP contribution in [0.25, 0.3) is 0 Å². The lowest BCUT2D eigenvalue weighted by atomic mass is 9.44. The minimum atomic E-state index is -0.138. The maximum atomic E-state index is 12.9. The average molecular weight is 328 g/mol. The van der Waals surface area contributed by atoms with Gasteiger partial charge in [0.05, 0.1) is 5.41 Å². The standard InChI is InChI=1S/C16H26BrNO/c1-14(2,10-17)18-13(19)16-7-11-4-12(8-16)6-15(3,5-11)9-16/h11-12H,4-10H2,1-3H3,(H,18,19). The van der Waals surface area contributed by atoms with Crippen molar-refractivity contribution < 1.29 is 4.79 Å². The van der Waals surface area contributed by atoms with Crippen LogP contribution in [0.4, 0.5) is 0 Å². The molecule has 3 heteroatoms. The molecule has 1 N–H and O–H groups in total. The quantitative estimate of drug-likeness (QED) is 0.783. The fourth-order valence-electron chi connectivity index (χ4n) is 5.46. The molecule has 0 aromatic rings. The summed E-state index contributed by atoms with van der Waals surface area (Å²) in [6.45, 7) is 6.62. The molecule has 19 heavy (non-hydrogen) atoms. The van der Waals surface area contributed by atoms with E-state index in [9.17, 15) is 4.79 Å². The monoisotopic (exact) mass is 327 g/mol. The Labute approximate surface area is 125 Å². The van der Waals surface area contributed by atoms with E-state index in [0.717, 1.165) is 36.4 Å². The van der Waals surface area contributed by atoms with Gasteiger partial charge in [-0.1, -0.05) is 22.9 Å². The second-order valence-corrected chi connectivity index (χ2v) is 9.08. The Morgan fingerprint density at radius 1 is 1.26 bits per heavy atom. The minimum Gasteiger partial charge on any atom is -0.350 e. The van der Waals surface area contributed by atoms with Crippen LogP contribution in [0.15, 0.2) is 0 Å². The average Bonchev–Trinajstić information content (AvgIpc) is 2.25. The van der Waals surface area contributed by atoms with Gasteiger partial charge in [-0.15, -0.1) is 0 Å². The summed E-state index contributed by atoms with van der Waals surface area (Å²) < 4.78 is 0. The first-order chi connectivity index (χ1) is 8.76. The first kappa shape index (κ1) is 13.9. The zero-order valence-electron chi connectivity index (χ0n) is 12.4. The van der Waals surface area contributed by atoms with E-state index in [2.05, 4.69) is 42.0 Å². The molecule has 4 bridgehead atoms. The maximum Gasteiger partial charge on any atom is 0.226 e. The number of hydrogen-bond donors (Lipinski definition) is 1. The Bertz CT molecular complexity index is 390. The van der Waals surface area contributed by atoms with Crippen LogP contribution < -0.4 is 5.32 Å². The third-order valence-corrected chi connectivity index (χ3v) is 7.02. The highest BCUT2D eigenvalue weighted by Gasteiger charge is 2.59. The molecule has 2 unspecified atom stereocenters. The summed E-state index contributed by atoms with van der Waals surface area (Å²) in [5.41, 5.74) is 0.263. The smallest absolute Gasteiger partial charge is 0.226 e. The van der Waals surface area contributed by atoms with Gasteiger partial charge in [-0.25, -0.2) is 0 Å². The Morgan fingerprint density at radius 2 is 1.84 bits per heavy atom. The van der Waals surface area contributed by atoms with E-state index in [1.54, 1.807) is 0 Å². The molecule has 4 aliphatic rings. The molecule has 2 nitrogen and oxygen atoms in total. The predicted molar refractivity (Wildman–Crippen MR) is 81.2 cm³/mol. The molecule has 0 spiro atoms. The lowest BCUT2D eigenvalue weighted by molar-refractivity contribution is -0.156. The molecule has 0 aliphatic heterocycles. The fourth-order valence-corrected chi connectivity index (χ4v) is 5.60. The molecule has 4 fully saturated rings. The molecule has 0 heterocycles. The van der Waals surface area contributed by atoms with Crippen LogP contribution in [-0.2, 0) is 4.79 Å². The summed E-state index contributed by atoms with van der Waals surface area (Å²) in [7, 11) is 0. The highest BCUT2D eigenvalue weighted by Crippen LogP contribution is 2.65. The van der Waals surface area contributed by atoms with Crippen molar-refractivity contribution in [2.24, 2.45) is 22.7 Å². The van der Waals surface area contributed by atoms with Crippen molar-refractivity contribution in [3.8, 4) is 0 Å². The van der Waals surface area contributed by atoms with Gasteiger partial charge in [-0.3, -0.25) is 4.79 Å². The van der Waals surface area contributed by atoms with Crippen molar-refractivity contribution >= 4 is 21.8 Å². The molecule has 4 rings (SSSR count). The van der Waals surface area contributed by atoms with Crippen LogP contribution in [0.5, 0.6) is 0 Å². The van der Waals surface area contributed by atoms with E-state index in [-0.39, 0.29) is 11.0 Å². The van der Waals surface area contributed by atoms with Crippen molar-refractivity contribution in [1.29, 1.82) is 0 Å². The van der Waals surface area contributed by atoms with Gasteiger partial charge in [0.1, 0.15) is 0 Å². The van der Waals surface area contributed by atoms with Gasteiger partial charge in [-0.2, -0.15) is 0 Å². The first-order valence-electron chi connectivity index (χ1n) is 7.65. The molecule has 0 aromatic carbocycles. The van der Waals surface area contributed by atoms with Crippen LogP contribution in [0.1, 0.15) is 59.3 Å². The normalized spacial score (nSPS) is 44.4. The number of carbonyl (C=O) groups is 1. The lowest BCUT2D eigenvalue weighted by Gasteiger charge is -2.60. The van der Waals surface area contributed by atoms with Gasteiger partial charge in [0.2, 0.25) is 5.91 Å².